The Hall–Kier alpha value is -2.27. The number of rotatable bonds is 2. The summed E-state index contributed by atoms with van der Waals surface area (Å²) in [6.07, 6.45) is 0. The Balaban J connectivity index is 1.91. The molecule has 1 aromatic heterocycles. The van der Waals surface area contributed by atoms with E-state index in [0.717, 1.165) is 21.3 Å². The van der Waals surface area contributed by atoms with Crippen molar-refractivity contribution in [2.24, 2.45) is 0 Å². The van der Waals surface area contributed by atoms with Crippen LogP contribution in [0.2, 0.25) is 0 Å². The number of fused-ring (bicyclic) bond motifs is 1. The molecule has 0 aliphatic heterocycles. The van der Waals surface area contributed by atoms with Crippen molar-refractivity contribution in [1.29, 1.82) is 0 Å². The van der Waals surface area contributed by atoms with Crippen LogP contribution in [0.5, 0.6) is 0 Å². The number of nitrogens with one attached hydrogen (secondary N) is 1. The molecule has 5 heteroatoms. The van der Waals surface area contributed by atoms with Crippen LogP contribution < -0.4 is 5.32 Å². The Bertz CT molecular complexity index is 841. The molecule has 0 saturated heterocycles. The zero-order valence-corrected chi connectivity index (χ0v) is 12.4. The zero-order chi connectivity index (χ0) is 15.0. The summed E-state index contributed by atoms with van der Waals surface area (Å²) in [6, 6.07) is 9.66. The first kappa shape index (κ1) is 13.7. The number of hydrogen-bond donors (Lipinski definition) is 1. The van der Waals surface area contributed by atoms with Crippen LogP contribution in [0.15, 0.2) is 36.4 Å². The van der Waals surface area contributed by atoms with Gasteiger partial charge in [0, 0.05) is 5.56 Å². The van der Waals surface area contributed by atoms with Crippen LogP contribution >= 0.6 is 11.3 Å². The zero-order valence-electron chi connectivity index (χ0n) is 11.6. The average Bonchev–Trinajstić information content (AvgIpc) is 2.81. The molecule has 0 aliphatic carbocycles. The molecule has 3 nitrogen and oxygen atoms in total. The number of amides is 1. The highest BCUT2D eigenvalue weighted by Gasteiger charge is 2.11. The number of anilines is 1. The molecule has 3 aromatic rings. The standard InChI is InChI=1S/C16H13FN2OS/c1-9-6-10(2)14-13(7-9)18-16(21-14)19-15(20)11-4-3-5-12(17)8-11/h3-8H,1-2H3,(H,18,19,20). The minimum Gasteiger partial charge on any atom is -0.298 e. The molecule has 0 radical (unpaired) electrons. The van der Waals surface area contributed by atoms with Crippen LogP contribution in [-0.4, -0.2) is 10.9 Å². The Morgan fingerprint density at radius 3 is 2.81 bits per heavy atom. The highest BCUT2D eigenvalue weighted by atomic mass is 32.1. The first-order chi connectivity index (χ1) is 10.0. The summed E-state index contributed by atoms with van der Waals surface area (Å²) in [7, 11) is 0. The van der Waals surface area contributed by atoms with Crippen molar-refractivity contribution in [2.75, 3.05) is 5.32 Å². The molecule has 0 saturated carbocycles. The number of aryl methyl sites for hydroxylation is 2. The first-order valence-corrected chi connectivity index (χ1v) is 7.29. The molecule has 0 unspecified atom stereocenters. The van der Waals surface area contributed by atoms with E-state index in [0.29, 0.717) is 5.13 Å². The van der Waals surface area contributed by atoms with E-state index >= 15 is 0 Å². The third kappa shape index (κ3) is 2.78. The van der Waals surface area contributed by atoms with Gasteiger partial charge in [-0.2, -0.15) is 0 Å². The average molecular weight is 300 g/mol. The molecule has 1 N–H and O–H groups in total. The molecule has 0 fully saturated rings. The van der Waals surface area contributed by atoms with Crippen molar-refractivity contribution in [2.45, 2.75) is 13.8 Å². The maximum Gasteiger partial charge on any atom is 0.257 e. The van der Waals surface area contributed by atoms with Crippen molar-refractivity contribution in [3.8, 4) is 0 Å². The highest BCUT2D eigenvalue weighted by Crippen LogP contribution is 2.30. The van der Waals surface area contributed by atoms with E-state index in [1.54, 1.807) is 6.07 Å². The number of benzene rings is 2. The summed E-state index contributed by atoms with van der Waals surface area (Å²) < 4.78 is 14.2. The predicted molar refractivity (Wildman–Crippen MR) is 83.4 cm³/mol. The second-order valence-electron chi connectivity index (χ2n) is 4.91. The third-order valence-electron chi connectivity index (χ3n) is 3.13. The number of thiazole rings is 1. The SMILES string of the molecule is Cc1cc(C)c2sc(NC(=O)c3cccc(F)c3)nc2c1. The third-order valence-corrected chi connectivity index (χ3v) is 4.25. The Kier molecular flexibility index (Phi) is 3.43. The van der Waals surface area contributed by atoms with Gasteiger partial charge in [0.05, 0.1) is 10.2 Å². The molecule has 0 spiro atoms. The molecule has 2 aromatic carbocycles. The Morgan fingerprint density at radius 1 is 1.24 bits per heavy atom. The van der Waals surface area contributed by atoms with Crippen molar-refractivity contribution < 1.29 is 9.18 Å². The fourth-order valence-corrected chi connectivity index (χ4v) is 3.14. The molecular weight excluding hydrogens is 287 g/mol. The number of nitrogens with zero attached hydrogens (tertiary/aromatic N) is 1. The van der Waals surface area contributed by atoms with Gasteiger partial charge in [-0.3, -0.25) is 10.1 Å². The van der Waals surface area contributed by atoms with Crippen molar-refractivity contribution in [3.05, 3.63) is 58.9 Å². The van der Waals surface area contributed by atoms with E-state index in [1.807, 2.05) is 19.9 Å². The van der Waals surface area contributed by atoms with E-state index in [4.69, 9.17) is 0 Å². The summed E-state index contributed by atoms with van der Waals surface area (Å²) in [6.45, 7) is 4.03. The van der Waals surface area contributed by atoms with Crippen LogP contribution in [0.1, 0.15) is 21.5 Å². The minimum atomic E-state index is -0.432. The lowest BCUT2D eigenvalue weighted by molar-refractivity contribution is 0.102. The molecule has 21 heavy (non-hydrogen) atoms. The number of aromatic nitrogens is 1. The molecular formula is C16H13FN2OS. The molecule has 0 atom stereocenters. The molecule has 0 bridgehead atoms. The van der Waals surface area contributed by atoms with Gasteiger partial charge in [-0.25, -0.2) is 9.37 Å². The van der Waals surface area contributed by atoms with Gasteiger partial charge in [-0.1, -0.05) is 23.5 Å². The van der Waals surface area contributed by atoms with Crippen molar-refractivity contribution >= 4 is 32.6 Å². The van der Waals surface area contributed by atoms with Crippen molar-refractivity contribution in [3.63, 3.8) is 0 Å². The quantitative estimate of drug-likeness (QED) is 0.766. The molecule has 1 amide bonds. The monoisotopic (exact) mass is 300 g/mol. The van der Waals surface area contributed by atoms with Crippen LogP contribution in [0.4, 0.5) is 9.52 Å². The largest absolute Gasteiger partial charge is 0.298 e. The predicted octanol–water partition coefficient (Wildman–Crippen LogP) is 4.30. The molecule has 0 aliphatic rings. The lowest BCUT2D eigenvalue weighted by Crippen LogP contribution is -2.11. The van der Waals surface area contributed by atoms with E-state index in [-0.39, 0.29) is 11.5 Å². The molecule has 106 valence electrons. The van der Waals surface area contributed by atoms with E-state index in [2.05, 4.69) is 16.4 Å². The van der Waals surface area contributed by atoms with Gasteiger partial charge in [-0.05, 0) is 49.2 Å². The fraction of sp³-hybridized carbons (Fsp3) is 0.125. The van der Waals surface area contributed by atoms with Crippen LogP contribution in [0.3, 0.4) is 0 Å². The molecule has 1 heterocycles. The highest BCUT2D eigenvalue weighted by molar-refractivity contribution is 7.22. The minimum absolute atomic E-state index is 0.280. The topological polar surface area (TPSA) is 42.0 Å². The number of carbonyl (C=O) groups is 1. The number of carbonyl (C=O) groups excluding carboxylic acids is 1. The van der Waals surface area contributed by atoms with Gasteiger partial charge in [-0.15, -0.1) is 0 Å². The summed E-state index contributed by atoms with van der Waals surface area (Å²) >= 11 is 1.42. The van der Waals surface area contributed by atoms with Crippen LogP contribution in [0, 0.1) is 19.7 Å². The normalized spacial score (nSPS) is 10.8. The summed E-state index contributed by atoms with van der Waals surface area (Å²) in [5, 5.41) is 3.24. The first-order valence-electron chi connectivity index (χ1n) is 6.47. The number of hydrogen-bond acceptors (Lipinski definition) is 3. The van der Waals surface area contributed by atoms with Gasteiger partial charge in [0.15, 0.2) is 5.13 Å². The van der Waals surface area contributed by atoms with Gasteiger partial charge in [0.1, 0.15) is 5.82 Å². The van der Waals surface area contributed by atoms with Crippen LogP contribution in [0.25, 0.3) is 10.2 Å². The second kappa shape index (κ2) is 5.26. The Morgan fingerprint density at radius 2 is 2.05 bits per heavy atom. The van der Waals surface area contributed by atoms with Crippen molar-refractivity contribution in [1.82, 2.24) is 4.98 Å². The van der Waals surface area contributed by atoms with E-state index < -0.39 is 5.82 Å². The lowest BCUT2D eigenvalue weighted by Gasteiger charge is -2.01. The Labute approximate surface area is 125 Å². The lowest BCUT2D eigenvalue weighted by atomic mass is 10.1. The molecule has 3 rings (SSSR count). The van der Waals surface area contributed by atoms with E-state index in [1.165, 1.54) is 29.5 Å². The summed E-state index contributed by atoms with van der Waals surface area (Å²) in [4.78, 5) is 16.5. The van der Waals surface area contributed by atoms with Gasteiger partial charge in [0.2, 0.25) is 0 Å². The van der Waals surface area contributed by atoms with Gasteiger partial charge < -0.3 is 0 Å². The van der Waals surface area contributed by atoms with E-state index in [9.17, 15) is 9.18 Å². The summed E-state index contributed by atoms with van der Waals surface area (Å²) in [5.41, 5.74) is 3.41. The summed E-state index contributed by atoms with van der Waals surface area (Å²) in [5.74, 6) is -0.790. The maximum absolute atomic E-state index is 13.1. The number of halogens is 1. The van der Waals surface area contributed by atoms with Gasteiger partial charge in [0.25, 0.3) is 5.91 Å². The van der Waals surface area contributed by atoms with Crippen LogP contribution in [-0.2, 0) is 0 Å². The maximum atomic E-state index is 13.1. The fourth-order valence-electron chi connectivity index (χ4n) is 2.23. The second-order valence-corrected chi connectivity index (χ2v) is 5.91. The van der Waals surface area contributed by atoms with Gasteiger partial charge >= 0.3 is 0 Å². The smallest absolute Gasteiger partial charge is 0.257 e.